The fraction of sp³-hybridized carbons (Fsp3) is 0.500. The van der Waals surface area contributed by atoms with Crippen LogP contribution in [0.25, 0.3) is 0 Å². The van der Waals surface area contributed by atoms with Crippen LogP contribution in [0, 0.1) is 6.92 Å². The number of anilines is 1. The summed E-state index contributed by atoms with van der Waals surface area (Å²) in [5.41, 5.74) is 0.699. The molecular formula is C18H22N4O3S. The van der Waals surface area contributed by atoms with Gasteiger partial charge in [0.05, 0.1) is 5.75 Å². The monoisotopic (exact) mass is 374 g/mol. The second-order valence-electron chi connectivity index (χ2n) is 6.60. The van der Waals surface area contributed by atoms with E-state index in [4.69, 9.17) is 9.47 Å². The zero-order valence-corrected chi connectivity index (χ0v) is 15.6. The van der Waals surface area contributed by atoms with E-state index in [0.29, 0.717) is 29.0 Å². The molecule has 8 heteroatoms. The van der Waals surface area contributed by atoms with Gasteiger partial charge in [-0.05, 0) is 31.9 Å². The Bertz CT molecular complexity index is 802. The molecule has 0 radical (unpaired) electrons. The van der Waals surface area contributed by atoms with Gasteiger partial charge in [-0.15, -0.1) is 10.2 Å². The van der Waals surface area contributed by atoms with Gasteiger partial charge in [0.25, 0.3) is 0 Å². The van der Waals surface area contributed by atoms with Crippen LogP contribution >= 0.6 is 11.8 Å². The summed E-state index contributed by atoms with van der Waals surface area (Å²) in [5.74, 6) is 2.50. The van der Waals surface area contributed by atoms with E-state index < -0.39 is 0 Å². The van der Waals surface area contributed by atoms with E-state index in [9.17, 15) is 4.79 Å². The lowest BCUT2D eigenvalue weighted by Crippen LogP contribution is -2.17. The minimum absolute atomic E-state index is 0.0790. The second-order valence-corrected chi connectivity index (χ2v) is 7.54. The fourth-order valence-electron chi connectivity index (χ4n) is 3.51. The van der Waals surface area contributed by atoms with Crippen molar-refractivity contribution in [3.05, 3.63) is 24.0 Å². The SMILES string of the molecule is Cc1nnc(SCC(=O)Nc2ccc3c(c2)OCO3)n1C1CCCCC1. The molecule has 0 unspecified atom stereocenters. The Morgan fingerprint density at radius 2 is 2.04 bits per heavy atom. The molecule has 7 nitrogen and oxygen atoms in total. The number of nitrogens with zero attached hydrogens (tertiary/aromatic N) is 3. The molecule has 1 aromatic carbocycles. The number of carbonyl (C=O) groups excluding carboxylic acids is 1. The number of thioether (sulfide) groups is 1. The lowest BCUT2D eigenvalue weighted by atomic mass is 9.95. The lowest BCUT2D eigenvalue weighted by molar-refractivity contribution is -0.113. The van der Waals surface area contributed by atoms with E-state index in [2.05, 4.69) is 20.1 Å². The van der Waals surface area contributed by atoms with Crippen molar-refractivity contribution < 1.29 is 14.3 Å². The molecule has 1 saturated carbocycles. The first kappa shape index (κ1) is 17.2. The van der Waals surface area contributed by atoms with Gasteiger partial charge < -0.3 is 19.4 Å². The van der Waals surface area contributed by atoms with Gasteiger partial charge in [-0.1, -0.05) is 31.0 Å². The molecule has 0 atom stereocenters. The van der Waals surface area contributed by atoms with Crippen LogP contribution in [-0.2, 0) is 4.79 Å². The molecule has 1 fully saturated rings. The van der Waals surface area contributed by atoms with Crippen LogP contribution in [0.1, 0.15) is 44.0 Å². The third kappa shape index (κ3) is 3.65. The van der Waals surface area contributed by atoms with Gasteiger partial charge in [-0.2, -0.15) is 0 Å². The van der Waals surface area contributed by atoms with E-state index >= 15 is 0 Å². The van der Waals surface area contributed by atoms with Crippen molar-refractivity contribution in [3.8, 4) is 11.5 Å². The largest absolute Gasteiger partial charge is 0.454 e. The quantitative estimate of drug-likeness (QED) is 0.807. The summed E-state index contributed by atoms with van der Waals surface area (Å²) < 4.78 is 12.8. The first-order chi connectivity index (χ1) is 12.7. The number of hydrogen-bond acceptors (Lipinski definition) is 6. The van der Waals surface area contributed by atoms with Gasteiger partial charge in [-0.3, -0.25) is 4.79 Å². The molecule has 138 valence electrons. The Kier molecular flexibility index (Phi) is 5.01. The van der Waals surface area contributed by atoms with Gasteiger partial charge in [0, 0.05) is 17.8 Å². The number of rotatable bonds is 5. The third-order valence-corrected chi connectivity index (χ3v) is 5.71. The number of benzene rings is 1. The summed E-state index contributed by atoms with van der Waals surface area (Å²) in [5, 5.41) is 12.2. The zero-order valence-electron chi connectivity index (χ0n) is 14.7. The van der Waals surface area contributed by atoms with Crippen molar-refractivity contribution in [3.63, 3.8) is 0 Å². The van der Waals surface area contributed by atoms with E-state index in [1.165, 1.54) is 31.0 Å². The summed E-state index contributed by atoms with van der Waals surface area (Å²) in [6, 6.07) is 5.84. The Morgan fingerprint density at radius 1 is 1.23 bits per heavy atom. The lowest BCUT2D eigenvalue weighted by Gasteiger charge is -2.24. The third-order valence-electron chi connectivity index (χ3n) is 4.76. The normalized spacial score (nSPS) is 16.7. The van der Waals surface area contributed by atoms with E-state index in [1.54, 1.807) is 12.1 Å². The van der Waals surface area contributed by atoms with E-state index in [1.807, 2.05) is 13.0 Å². The number of nitrogens with one attached hydrogen (secondary N) is 1. The second kappa shape index (κ2) is 7.57. The molecule has 26 heavy (non-hydrogen) atoms. The Morgan fingerprint density at radius 3 is 2.88 bits per heavy atom. The topological polar surface area (TPSA) is 78.3 Å². The van der Waals surface area contributed by atoms with Crippen LogP contribution in [0.2, 0.25) is 0 Å². The summed E-state index contributed by atoms with van der Waals surface area (Å²) >= 11 is 1.44. The highest BCUT2D eigenvalue weighted by molar-refractivity contribution is 7.99. The van der Waals surface area contributed by atoms with E-state index in [-0.39, 0.29) is 12.7 Å². The first-order valence-corrected chi connectivity index (χ1v) is 9.93. The maximum atomic E-state index is 12.3. The van der Waals surface area contributed by atoms with Crippen molar-refractivity contribution in [1.29, 1.82) is 0 Å². The van der Waals surface area contributed by atoms with Crippen LogP contribution < -0.4 is 14.8 Å². The maximum absolute atomic E-state index is 12.3. The fourth-order valence-corrected chi connectivity index (χ4v) is 4.36. The standard InChI is InChI=1S/C18H22N4O3S/c1-12-20-21-18(22(12)14-5-3-2-4-6-14)26-10-17(23)19-13-7-8-15-16(9-13)25-11-24-15/h7-9,14H,2-6,10-11H2,1H3,(H,19,23). The van der Waals surface area contributed by atoms with Gasteiger partial charge in [0.15, 0.2) is 16.7 Å². The van der Waals surface area contributed by atoms with Gasteiger partial charge in [-0.25, -0.2) is 0 Å². The van der Waals surface area contributed by atoms with Crippen LogP contribution in [0.5, 0.6) is 11.5 Å². The number of hydrogen-bond donors (Lipinski definition) is 1. The summed E-state index contributed by atoms with van der Waals surface area (Å²) in [4.78, 5) is 12.3. The van der Waals surface area contributed by atoms with Gasteiger partial charge >= 0.3 is 0 Å². The molecular weight excluding hydrogens is 352 g/mol. The summed E-state index contributed by atoms with van der Waals surface area (Å²) in [6.45, 7) is 2.21. The van der Waals surface area contributed by atoms with Crippen molar-refractivity contribution in [1.82, 2.24) is 14.8 Å². The average Bonchev–Trinajstić information content (AvgIpc) is 3.26. The predicted molar refractivity (Wildman–Crippen MR) is 98.8 cm³/mol. The molecule has 2 aliphatic rings. The average molecular weight is 374 g/mol. The maximum Gasteiger partial charge on any atom is 0.234 e. The molecule has 1 amide bonds. The molecule has 1 N–H and O–H groups in total. The number of amides is 1. The molecule has 1 aliphatic heterocycles. The van der Waals surface area contributed by atoms with Crippen molar-refractivity contribution in [2.24, 2.45) is 0 Å². The minimum atomic E-state index is -0.0790. The highest BCUT2D eigenvalue weighted by Gasteiger charge is 2.22. The van der Waals surface area contributed by atoms with Crippen LogP contribution in [0.3, 0.4) is 0 Å². The number of ether oxygens (including phenoxy) is 2. The predicted octanol–water partition coefficient (Wildman–Crippen LogP) is 3.55. The van der Waals surface area contributed by atoms with Gasteiger partial charge in [0.2, 0.25) is 12.7 Å². The molecule has 1 aromatic heterocycles. The Labute approximate surface area is 156 Å². The highest BCUT2D eigenvalue weighted by Crippen LogP contribution is 2.35. The first-order valence-electron chi connectivity index (χ1n) is 8.94. The summed E-state index contributed by atoms with van der Waals surface area (Å²) in [7, 11) is 0. The van der Waals surface area contributed by atoms with E-state index in [0.717, 1.165) is 23.8 Å². The molecule has 0 bridgehead atoms. The molecule has 4 rings (SSSR count). The number of aryl methyl sites for hydroxylation is 1. The molecule has 2 aromatic rings. The minimum Gasteiger partial charge on any atom is -0.454 e. The molecule has 1 aliphatic carbocycles. The zero-order chi connectivity index (χ0) is 17.9. The highest BCUT2D eigenvalue weighted by atomic mass is 32.2. The molecule has 2 heterocycles. The molecule has 0 spiro atoms. The van der Waals surface area contributed by atoms with Crippen LogP contribution in [0.4, 0.5) is 5.69 Å². The van der Waals surface area contributed by atoms with Crippen molar-refractivity contribution in [2.75, 3.05) is 17.9 Å². The van der Waals surface area contributed by atoms with Crippen LogP contribution in [-0.4, -0.2) is 33.2 Å². The molecule has 0 saturated heterocycles. The van der Waals surface area contributed by atoms with Crippen molar-refractivity contribution in [2.45, 2.75) is 50.2 Å². The Balaban J connectivity index is 1.37. The smallest absolute Gasteiger partial charge is 0.234 e. The number of aromatic nitrogens is 3. The number of fused-ring (bicyclic) bond motifs is 1. The Hall–Kier alpha value is -2.22. The summed E-state index contributed by atoms with van der Waals surface area (Å²) in [6.07, 6.45) is 6.12. The van der Waals surface area contributed by atoms with Gasteiger partial charge in [0.1, 0.15) is 5.82 Å². The van der Waals surface area contributed by atoms with Crippen LogP contribution in [0.15, 0.2) is 23.4 Å². The van der Waals surface area contributed by atoms with Crippen molar-refractivity contribution >= 4 is 23.4 Å². The number of carbonyl (C=O) groups is 1.